The second kappa shape index (κ2) is 11.0. The van der Waals surface area contributed by atoms with Crippen LogP contribution in [0.15, 0.2) is 28.6 Å². The van der Waals surface area contributed by atoms with Gasteiger partial charge in [0.15, 0.2) is 17.5 Å². The summed E-state index contributed by atoms with van der Waals surface area (Å²) in [4.78, 5) is 11.3. The van der Waals surface area contributed by atoms with Gasteiger partial charge in [0.25, 0.3) is 0 Å². The fraction of sp³-hybridized carbons (Fsp3) is 0.500. The van der Waals surface area contributed by atoms with Crippen molar-refractivity contribution in [3.63, 3.8) is 0 Å². The van der Waals surface area contributed by atoms with E-state index in [1.807, 2.05) is 44.2 Å². The maximum Gasteiger partial charge on any atom is 0.194 e. The molecule has 1 aromatic carbocycles. The van der Waals surface area contributed by atoms with Crippen molar-refractivity contribution in [2.75, 3.05) is 27.3 Å². The molecule has 0 radical (unpaired) electrons. The van der Waals surface area contributed by atoms with E-state index in [1.54, 1.807) is 24.5 Å². The average Bonchev–Trinajstić information content (AvgIpc) is 3.15. The first-order chi connectivity index (χ1) is 13.5. The van der Waals surface area contributed by atoms with E-state index in [0.29, 0.717) is 19.7 Å². The van der Waals surface area contributed by atoms with Gasteiger partial charge < -0.3 is 19.7 Å². The van der Waals surface area contributed by atoms with Crippen molar-refractivity contribution >= 4 is 17.3 Å². The largest absolute Gasteiger partial charge is 0.491 e. The Morgan fingerprint density at radius 3 is 2.82 bits per heavy atom. The standard InChI is InChI=1S/C20H29FN4O2S/c1-6-22-20(23-11-15-8-9-18(27-7-2)17(21)10-15)25(4)12-16-13-28-19(24-16)14(3)26-5/h8-10,13-14H,6-7,11-12H2,1-5H3,(H,22,23). The van der Waals surface area contributed by atoms with Gasteiger partial charge in [0, 0.05) is 26.1 Å². The van der Waals surface area contributed by atoms with E-state index >= 15 is 0 Å². The Morgan fingerprint density at radius 2 is 2.18 bits per heavy atom. The number of aliphatic imine (C=N–C) groups is 1. The van der Waals surface area contributed by atoms with Gasteiger partial charge in [-0.3, -0.25) is 0 Å². The van der Waals surface area contributed by atoms with Gasteiger partial charge in [0.05, 0.1) is 25.4 Å². The fourth-order valence-electron chi connectivity index (χ4n) is 2.55. The molecule has 1 atom stereocenters. The summed E-state index contributed by atoms with van der Waals surface area (Å²) in [6.07, 6.45) is -0.0134. The highest BCUT2D eigenvalue weighted by molar-refractivity contribution is 7.09. The van der Waals surface area contributed by atoms with Crippen LogP contribution in [0.5, 0.6) is 5.75 Å². The van der Waals surface area contributed by atoms with Crippen molar-refractivity contribution in [2.24, 2.45) is 4.99 Å². The van der Waals surface area contributed by atoms with Crippen molar-refractivity contribution in [2.45, 2.75) is 40.0 Å². The van der Waals surface area contributed by atoms with Gasteiger partial charge in [-0.1, -0.05) is 6.07 Å². The van der Waals surface area contributed by atoms with E-state index < -0.39 is 0 Å². The third-order valence-electron chi connectivity index (χ3n) is 4.07. The smallest absolute Gasteiger partial charge is 0.194 e. The molecule has 1 N–H and O–H groups in total. The van der Waals surface area contributed by atoms with Crippen molar-refractivity contribution in [3.8, 4) is 5.75 Å². The molecule has 0 spiro atoms. The number of halogens is 1. The topological polar surface area (TPSA) is 59.0 Å². The molecule has 8 heteroatoms. The summed E-state index contributed by atoms with van der Waals surface area (Å²) in [5, 5.41) is 6.26. The van der Waals surface area contributed by atoms with Crippen LogP contribution < -0.4 is 10.1 Å². The van der Waals surface area contributed by atoms with Gasteiger partial charge in [-0.25, -0.2) is 14.4 Å². The molecule has 2 aromatic rings. The van der Waals surface area contributed by atoms with Crippen LogP contribution in [0.25, 0.3) is 0 Å². The zero-order valence-electron chi connectivity index (χ0n) is 17.2. The lowest BCUT2D eigenvalue weighted by Gasteiger charge is -2.21. The number of nitrogens with one attached hydrogen (secondary N) is 1. The molecule has 28 heavy (non-hydrogen) atoms. The molecule has 0 saturated carbocycles. The number of aromatic nitrogens is 1. The summed E-state index contributed by atoms with van der Waals surface area (Å²) in [6, 6.07) is 4.95. The zero-order chi connectivity index (χ0) is 20.5. The van der Waals surface area contributed by atoms with E-state index in [1.165, 1.54) is 6.07 Å². The van der Waals surface area contributed by atoms with Crippen molar-refractivity contribution < 1.29 is 13.9 Å². The molecule has 0 fully saturated rings. The molecule has 1 heterocycles. The van der Waals surface area contributed by atoms with E-state index in [9.17, 15) is 4.39 Å². The summed E-state index contributed by atoms with van der Waals surface area (Å²) in [5.74, 6) is 0.644. The molecule has 154 valence electrons. The number of guanidine groups is 1. The maximum absolute atomic E-state index is 14.0. The Bertz CT molecular complexity index is 781. The van der Waals surface area contributed by atoms with Crippen molar-refractivity contribution in [1.82, 2.24) is 15.2 Å². The minimum absolute atomic E-state index is 0.0134. The molecule has 0 aliphatic carbocycles. The molecule has 6 nitrogen and oxygen atoms in total. The molecule has 0 saturated heterocycles. The molecule has 1 aromatic heterocycles. The molecule has 0 aliphatic rings. The summed E-state index contributed by atoms with van der Waals surface area (Å²) in [7, 11) is 3.64. The van der Waals surface area contributed by atoms with Crippen LogP contribution in [-0.2, 0) is 17.8 Å². The normalized spacial score (nSPS) is 12.7. The Balaban J connectivity index is 2.06. The highest BCUT2D eigenvalue weighted by Gasteiger charge is 2.13. The maximum atomic E-state index is 14.0. The number of nitrogens with zero attached hydrogens (tertiary/aromatic N) is 3. The van der Waals surface area contributed by atoms with E-state index in [0.717, 1.165) is 28.8 Å². The zero-order valence-corrected chi connectivity index (χ0v) is 18.0. The van der Waals surface area contributed by atoms with Gasteiger partial charge in [0.1, 0.15) is 11.1 Å². The van der Waals surface area contributed by atoms with Gasteiger partial charge in [-0.15, -0.1) is 11.3 Å². The fourth-order valence-corrected chi connectivity index (χ4v) is 3.39. The molecule has 0 amide bonds. The minimum Gasteiger partial charge on any atom is -0.491 e. The molecule has 2 rings (SSSR count). The number of hydrogen-bond acceptors (Lipinski definition) is 5. The SMILES string of the molecule is CCNC(=NCc1ccc(OCC)c(F)c1)N(C)Cc1csc(C(C)OC)n1. The molecule has 0 aliphatic heterocycles. The highest BCUT2D eigenvalue weighted by atomic mass is 32.1. The first kappa shape index (κ1) is 22.1. The summed E-state index contributed by atoms with van der Waals surface area (Å²) < 4.78 is 24.6. The molecule has 0 bridgehead atoms. The molecule has 1 unspecified atom stereocenters. The minimum atomic E-state index is -0.366. The third kappa shape index (κ3) is 6.17. The number of hydrogen-bond donors (Lipinski definition) is 1. The van der Waals surface area contributed by atoms with E-state index in [2.05, 4.69) is 15.3 Å². The van der Waals surface area contributed by atoms with E-state index in [-0.39, 0.29) is 17.7 Å². The lowest BCUT2D eigenvalue weighted by Crippen LogP contribution is -2.38. The second-order valence-corrected chi connectivity index (χ2v) is 7.17. The number of methoxy groups -OCH3 is 1. The van der Waals surface area contributed by atoms with Crippen LogP contribution in [0.1, 0.15) is 43.1 Å². The Labute approximate surface area is 170 Å². The highest BCUT2D eigenvalue weighted by Crippen LogP contribution is 2.21. The number of thiazole rings is 1. The van der Waals surface area contributed by atoms with Crippen LogP contribution in [0.4, 0.5) is 4.39 Å². The third-order valence-corrected chi connectivity index (χ3v) is 5.13. The summed E-state index contributed by atoms with van der Waals surface area (Å²) >= 11 is 1.59. The Morgan fingerprint density at radius 1 is 1.39 bits per heavy atom. The van der Waals surface area contributed by atoms with Crippen LogP contribution in [0, 0.1) is 5.82 Å². The number of benzene rings is 1. The van der Waals surface area contributed by atoms with Crippen LogP contribution in [0.2, 0.25) is 0 Å². The monoisotopic (exact) mass is 408 g/mol. The van der Waals surface area contributed by atoms with Crippen molar-refractivity contribution in [3.05, 3.63) is 45.7 Å². The van der Waals surface area contributed by atoms with Gasteiger partial charge in [-0.05, 0) is 38.5 Å². The Hall–Kier alpha value is -2.19. The van der Waals surface area contributed by atoms with Crippen LogP contribution in [-0.4, -0.2) is 43.2 Å². The lowest BCUT2D eigenvalue weighted by molar-refractivity contribution is 0.119. The summed E-state index contributed by atoms with van der Waals surface area (Å²) in [5.41, 5.74) is 1.75. The first-order valence-corrected chi connectivity index (χ1v) is 10.2. The van der Waals surface area contributed by atoms with Gasteiger partial charge in [0.2, 0.25) is 0 Å². The first-order valence-electron chi connectivity index (χ1n) is 9.36. The number of ether oxygens (including phenoxy) is 2. The predicted molar refractivity (Wildman–Crippen MR) is 111 cm³/mol. The van der Waals surface area contributed by atoms with Gasteiger partial charge >= 0.3 is 0 Å². The summed E-state index contributed by atoms with van der Waals surface area (Å²) in [6.45, 7) is 8.00. The lowest BCUT2D eigenvalue weighted by atomic mass is 10.2. The van der Waals surface area contributed by atoms with Crippen LogP contribution >= 0.6 is 11.3 Å². The Kier molecular flexibility index (Phi) is 8.66. The quantitative estimate of drug-likeness (QED) is 0.502. The van der Waals surface area contributed by atoms with Crippen molar-refractivity contribution in [1.29, 1.82) is 0 Å². The second-order valence-electron chi connectivity index (χ2n) is 6.28. The molecular formula is C20H29FN4O2S. The van der Waals surface area contributed by atoms with Crippen LogP contribution in [0.3, 0.4) is 0 Å². The predicted octanol–water partition coefficient (Wildman–Crippen LogP) is 3.99. The molecular weight excluding hydrogens is 379 g/mol. The van der Waals surface area contributed by atoms with Gasteiger partial charge in [-0.2, -0.15) is 0 Å². The van der Waals surface area contributed by atoms with E-state index in [4.69, 9.17) is 9.47 Å². The number of rotatable bonds is 9. The average molecular weight is 409 g/mol.